The topological polar surface area (TPSA) is 68.4 Å². The summed E-state index contributed by atoms with van der Waals surface area (Å²) in [5, 5.41) is 13.7. The van der Waals surface area contributed by atoms with Gasteiger partial charge < -0.3 is 20.3 Å². The number of aromatic amines is 1. The van der Waals surface area contributed by atoms with E-state index in [2.05, 4.69) is 51.6 Å². The van der Waals surface area contributed by atoms with Crippen LogP contribution in [0.5, 0.6) is 5.75 Å². The van der Waals surface area contributed by atoms with Gasteiger partial charge in [0.25, 0.3) is 0 Å². The number of anilines is 1. The summed E-state index contributed by atoms with van der Waals surface area (Å²) >= 11 is 0. The summed E-state index contributed by atoms with van der Waals surface area (Å²) in [6, 6.07) is 23.4. The van der Waals surface area contributed by atoms with Crippen molar-refractivity contribution in [1.29, 1.82) is 0 Å². The standard InChI is InChI=1S/C26H27N3O2/c1-29(2)20-11-9-19(10-12-20)23(24-17-27-25-6-4-3-5-22(24)25)16-28-26(31)15-18-7-13-21(30)14-8-18/h3-14,17,23,27,30H,15-16H2,1-2H3,(H,28,31). The normalized spacial score (nSPS) is 11.9. The molecule has 0 bridgehead atoms. The van der Waals surface area contributed by atoms with E-state index < -0.39 is 0 Å². The van der Waals surface area contributed by atoms with E-state index in [0.717, 1.165) is 33.3 Å². The van der Waals surface area contributed by atoms with Crippen LogP contribution >= 0.6 is 0 Å². The lowest BCUT2D eigenvalue weighted by atomic mass is 9.90. The smallest absolute Gasteiger partial charge is 0.224 e. The largest absolute Gasteiger partial charge is 0.508 e. The minimum absolute atomic E-state index is 0.0242. The Balaban J connectivity index is 1.58. The molecule has 1 unspecified atom stereocenters. The van der Waals surface area contributed by atoms with Crippen molar-refractivity contribution in [2.24, 2.45) is 0 Å². The van der Waals surface area contributed by atoms with Crippen LogP contribution in [0.2, 0.25) is 0 Å². The lowest BCUT2D eigenvalue weighted by Gasteiger charge is -2.20. The highest BCUT2D eigenvalue weighted by Crippen LogP contribution is 2.31. The monoisotopic (exact) mass is 413 g/mol. The minimum Gasteiger partial charge on any atom is -0.508 e. The van der Waals surface area contributed by atoms with E-state index in [1.807, 2.05) is 32.4 Å². The molecule has 5 heteroatoms. The number of phenolic OH excluding ortho intramolecular Hbond substituents is 1. The van der Waals surface area contributed by atoms with Crippen molar-refractivity contribution < 1.29 is 9.90 Å². The van der Waals surface area contributed by atoms with E-state index in [9.17, 15) is 9.90 Å². The van der Waals surface area contributed by atoms with Crippen LogP contribution in [0.25, 0.3) is 10.9 Å². The van der Waals surface area contributed by atoms with Gasteiger partial charge in [0.15, 0.2) is 0 Å². The highest BCUT2D eigenvalue weighted by molar-refractivity contribution is 5.84. The molecule has 0 spiro atoms. The van der Waals surface area contributed by atoms with E-state index >= 15 is 0 Å². The predicted octanol–water partition coefficient (Wildman–Crippen LogP) is 4.43. The SMILES string of the molecule is CN(C)c1ccc(C(CNC(=O)Cc2ccc(O)cc2)c2c[nH]c3ccccc23)cc1. The lowest BCUT2D eigenvalue weighted by Crippen LogP contribution is -2.30. The Morgan fingerprint density at radius 3 is 2.42 bits per heavy atom. The molecule has 3 aromatic carbocycles. The molecule has 158 valence electrons. The Labute approximate surface area is 182 Å². The van der Waals surface area contributed by atoms with Gasteiger partial charge in [-0.25, -0.2) is 0 Å². The number of aromatic nitrogens is 1. The third-order valence-corrected chi connectivity index (χ3v) is 5.61. The van der Waals surface area contributed by atoms with E-state index in [1.165, 1.54) is 0 Å². The maximum atomic E-state index is 12.6. The van der Waals surface area contributed by atoms with Gasteiger partial charge in [0.1, 0.15) is 5.75 Å². The molecule has 1 heterocycles. The van der Waals surface area contributed by atoms with E-state index in [1.54, 1.807) is 24.3 Å². The zero-order valence-electron chi connectivity index (χ0n) is 17.8. The predicted molar refractivity (Wildman–Crippen MR) is 126 cm³/mol. The summed E-state index contributed by atoms with van der Waals surface area (Å²) in [4.78, 5) is 18.1. The van der Waals surface area contributed by atoms with Crippen molar-refractivity contribution in [2.75, 3.05) is 25.5 Å². The fourth-order valence-electron chi connectivity index (χ4n) is 3.87. The molecule has 0 aliphatic carbocycles. The second-order valence-electron chi connectivity index (χ2n) is 7.98. The van der Waals surface area contributed by atoms with E-state index in [4.69, 9.17) is 0 Å². The quantitative estimate of drug-likeness (QED) is 0.420. The van der Waals surface area contributed by atoms with Crippen molar-refractivity contribution in [3.05, 3.63) is 95.7 Å². The number of H-pyrrole nitrogens is 1. The molecule has 1 atom stereocenters. The third-order valence-electron chi connectivity index (χ3n) is 5.61. The molecule has 0 radical (unpaired) electrons. The van der Waals surface area contributed by atoms with Gasteiger partial charge in [-0.05, 0) is 47.0 Å². The number of hydrogen-bond acceptors (Lipinski definition) is 3. The van der Waals surface area contributed by atoms with Crippen LogP contribution in [0.3, 0.4) is 0 Å². The highest BCUT2D eigenvalue weighted by atomic mass is 16.3. The van der Waals surface area contributed by atoms with Gasteiger partial charge in [-0.3, -0.25) is 4.79 Å². The first kappa shape index (κ1) is 20.5. The summed E-state index contributed by atoms with van der Waals surface area (Å²) in [6.45, 7) is 0.500. The molecule has 0 saturated heterocycles. The number of amides is 1. The molecule has 0 aliphatic heterocycles. The lowest BCUT2D eigenvalue weighted by molar-refractivity contribution is -0.120. The van der Waals surface area contributed by atoms with Crippen molar-refractivity contribution in [3.63, 3.8) is 0 Å². The van der Waals surface area contributed by atoms with Gasteiger partial charge >= 0.3 is 0 Å². The van der Waals surface area contributed by atoms with E-state index in [0.29, 0.717) is 6.54 Å². The Morgan fingerprint density at radius 1 is 1.00 bits per heavy atom. The number of nitrogens with one attached hydrogen (secondary N) is 2. The first-order valence-electron chi connectivity index (χ1n) is 10.4. The maximum Gasteiger partial charge on any atom is 0.224 e. The first-order valence-corrected chi connectivity index (χ1v) is 10.4. The van der Waals surface area contributed by atoms with Crippen LogP contribution in [0.15, 0.2) is 79.0 Å². The fraction of sp³-hybridized carbons (Fsp3) is 0.192. The summed E-state index contributed by atoms with van der Waals surface area (Å²) in [7, 11) is 4.05. The van der Waals surface area contributed by atoms with Crippen LogP contribution in [-0.2, 0) is 11.2 Å². The summed E-state index contributed by atoms with van der Waals surface area (Å²) in [5.74, 6) is 0.182. The summed E-state index contributed by atoms with van der Waals surface area (Å²) in [5.41, 5.74) is 5.41. The number of nitrogens with zero attached hydrogens (tertiary/aromatic N) is 1. The van der Waals surface area contributed by atoms with Crippen LogP contribution < -0.4 is 10.2 Å². The average molecular weight is 414 g/mol. The highest BCUT2D eigenvalue weighted by Gasteiger charge is 2.19. The second-order valence-corrected chi connectivity index (χ2v) is 7.98. The molecule has 1 amide bonds. The number of para-hydroxylation sites is 1. The third kappa shape index (κ3) is 4.72. The fourth-order valence-corrected chi connectivity index (χ4v) is 3.87. The second kappa shape index (κ2) is 8.96. The molecular weight excluding hydrogens is 386 g/mol. The molecule has 4 rings (SSSR count). The van der Waals surface area contributed by atoms with Crippen molar-refractivity contribution >= 4 is 22.5 Å². The van der Waals surface area contributed by atoms with Gasteiger partial charge in [-0.1, -0.05) is 42.5 Å². The van der Waals surface area contributed by atoms with Crippen molar-refractivity contribution in [2.45, 2.75) is 12.3 Å². The molecule has 3 N–H and O–H groups in total. The van der Waals surface area contributed by atoms with Gasteiger partial charge in [0.2, 0.25) is 5.91 Å². The van der Waals surface area contributed by atoms with Crippen molar-refractivity contribution in [1.82, 2.24) is 10.3 Å². The van der Waals surface area contributed by atoms with Gasteiger partial charge in [0.05, 0.1) is 6.42 Å². The average Bonchev–Trinajstić information content (AvgIpc) is 3.20. The summed E-state index contributed by atoms with van der Waals surface area (Å²) < 4.78 is 0. The molecule has 0 fully saturated rings. The minimum atomic E-state index is -0.0413. The first-order chi connectivity index (χ1) is 15.0. The number of fused-ring (bicyclic) bond motifs is 1. The molecule has 4 aromatic rings. The number of phenols is 1. The van der Waals surface area contributed by atoms with E-state index in [-0.39, 0.29) is 24.0 Å². The van der Waals surface area contributed by atoms with Gasteiger partial charge in [0, 0.05) is 49.3 Å². The Bertz CT molecular complexity index is 1160. The number of rotatable bonds is 7. The van der Waals surface area contributed by atoms with Gasteiger partial charge in [-0.2, -0.15) is 0 Å². The molecule has 0 aliphatic rings. The van der Waals surface area contributed by atoms with Crippen LogP contribution in [0.4, 0.5) is 5.69 Å². The number of aromatic hydroxyl groups is 1. The molecule has 0 saturated carbocycles. The maximum absolute atomic E-state index is 12.6. The van der Waals surface area contributed by atoms with Crippen LogP contribution in [0.1, 0.15) is 22.6 Å². The van der Waals surface area contributed by atoms with Crippen LogP contribution in [-0.4, -0.2) is 36.6 Å². The summed E-state index contributed by atoms with van der Waals surface area (Å²) in [6.07, 6.45) is 2.32. The Hall–Kier alpha value is -3.73. The Morgan fingerprint density at radius 2 is 1.71 bits per heavy atom. The number of carbonyl (C=O) groups excluding carboxylic acids is 1. The molecule has 1 aromatic heterocycles. The van der Waals surface area contributed by atoms with Gasteiger partial charge in [-0.15, -0.1) is 0 Å². The van der Waals surface area contributed by atoms with Crippen LogP contribution in [0, 0.1) is 0 Å². The number of benzene rings is 3. The zero-order valence-corrected chi connectivity index (χ0v) is 17.8. The zero-order chi connectivity index (χ0) is 21.8. The molecule has 31 heavy (non-hydrogen) atoms. The Kier molecular flexibility index (Phi) is 5.94. The number of hydrogen-bond donors (Lipinski definition) is 3. The molecular formula is C26H27N3O2. The van der Waals surface area contributed by atoms with Crippen molar-refractivity contribution in [3.8, 4) is 5.75 Å². The molecule has 5 nitrogen and oxygen atoms in total. The number of carbonyl (C=O) groups is 1.